The van der Waals surface area contributed by atoms with Crippen molar-refractivity contribution in [3.63, 3.8) is 0 Å². The summed E-state index contributed by atoms with van der Waals surface area (Å²) in [4.78, 5) is 17.6. The minimum absolute atomic E-state index is 0.123. The lowest BCUT2D eigenvalue weighted by atomic mass is 10.1. The number of rotatable bonds is 6. The van der Waals surface area contributed by atoms with Crippen LogP contribution in [0.4, 0.5) is 0 Å². The third kappa shape index (κ3) is 4.54. The third-order valence-corrected chi connectivity index (χ3v) is 6.15. The molecule has 0 fully saturated rings. The molecule has 0 radical (unpaired) electrons. The monoisotopic (exact) mass is 432 g/mol. The topological polar surface area (TPSA) is 99.4 Å². The third-order valence-electron chi connectivity index (χ3n) is 4.27. The van der Waals surface area contributed by atoms with E-state index in [-0.39, 0.29) is 17.7 Å². The second-order valence-electron chi connectivity index (χ2n) is 6.50. The van der Waals surface area contributed by atoms with Gasteiger partial charge in [0.2, 0.25) is 5.91 Å². The van der Waals surface area contributed by atoms with E-state index in [0.29, 0.717) is 30.1 Å². The number of carbonyl (C=O) groups is 1. The van der Waals surface area contributed by atoms with Crippen LogP contribution in [0.15, 0.2) is 27.8 Å². The number of thioether (sulfide) groups is 1. The number of hydrogen-bond donors (Lipinski definition) is 1. The fourth-order valence-electron chi connectivity index (χ4n) is 2.91. The molecule has 2 aromatic heterocycles. The zero-order chi connectivity index (χ0) is 20.4. The van der Waals surface area contributed by atoms with Crippen molar-refractivity contribution in [2.24, 2.45) is 0 Å². The Balaban J connectivity index is 1.33. The maximum atomic E-state index is 12.3. The van der Waals surface area contributed by atoms with Gasteiger partial charge in [0.15, 0.2) is 11.5 Å². The molecule has 152 valence electrons. The maximum absolute atomic E-state index is 12.3. The lowest BCUT2D eigenvalue weighted by Gasteiger charge is -2.21. The van der Waals surface area contributed by atoms with Crippen LogP contribution in [0, 0.1) is 13.8 Å². The first-order valence-electron chi connectivity index (χ1n) is 9.09. The second-order valence-corrected chi connectivity index (χ2v) is 8.63. The molecule has 29 heavy (non-hydrogen) atoms. The molecule has 8 nitrogen and oxygen atoms in total. The first kappa shape index (κ1) is 19.7. The predicted molar refractivity (Wildman–Crippen MR) is 110 cm³/mol. The van der Waals surface area contributed by atoms with Gasteiger partial charge in [-0.3, -0.25) is 4.79 Å². The normalized spacial score (nSPS) is 13.9. The van der Waals surface area contributed by atoms with Gasteiger partial charge in [-0.1, -0.05) is 17.8 Å². The van der Waals surface area contributed by atoms with Crippen LogP contribution in [0.25, 0.3) is 10.8 Å². The number of aryl methyl sites for hydroxylation is 2. The minimum Gasteiger partial charge on any atom is -0.486 e. The highest BCUT2D eigenvalue weighted by atomic mass is 32.2. The van der Waals surface area contributed by atoms with E-state index in [1.807, 2.05) is 39.0 Å². The highest BCUT2D eigenvalue weighted by Gasteiger charge is 2.18. The lowest BCUT2D eigenvalue weighted by Crippen LogP contribution is -2.28. The van der Waals surface area contributed by atoms with Crippen LogP contribution < -0.4 is 14.8 Å². The zero-order valence-electron chi connectivity index (χ0n) is 16.2. The van der Waals surface area contributed by atoms with E-state index in [0.717, 1.165) is 26.9 Å². The average molecular weight is 433 g/mol. The van der Waals surface area contributed by atoms with Gasteiger partial charge in [-0.2, -0.15) is 0 Å². The van der Waals surface area contributed by atoms with Gasteiger partial charge in [-0.05, 0) is 38.5 Å². The number of aromatic nitrogens is 3. The van der Waals surface area contributed by atoms with E-state index in [1.54, 1.807) is 0 Å². The maximum Gasteiger partial charge on any atom is 0.277 e. The molecule has 3 heterocycles. The molecule has 0 bridgehead atoms. The zero-order valence-corrected chi connectivity index (χ0v) is 17.9. The van der Waals surface area contributed by atoms with E-state index in [2.05, 4.69) is 20.5 Å². The molecule has 10 heteroatoms. The molecule has 1 aromatic carbocycles. The summed E-state index contributed by atoms with van der Waals surface area (Å²) in [6.07, 6.45) is 0. The van der Waals surface area contributed by atoms with E-state index in [4.69, 9.17) is 13.9 Å². The quantitative estimate of drug-likeness (QED) is 0.591. The molecule has 1 aliphatic rings. The molecule has 0 spiro atoms. The van der Waals surface area contributed by atoms with E-state index in [9.17, 15) is 4.79 Å². The van der Waals surface area contributed by atoms with Gasteiger partial charge in [-0.15, -0.1) is 21.5 Å². The number of fused-ring (bicyclic) bond motifs is 1. The number of nitrogens with zero attached hydrogens (tertiary/aromatic N) is 3. The van der Waals surface area contributed by atoms with Crippen molar-refractivity contribution in [2.75, 3.05) is 19.0 Å². The fraction of sp³-hybridized carbons (Fsp3) is 0.368. The molecule has 1 amide bonds. The summed E-state index contributed by atoms with van der Waals surface area (Å²) in [5.41, 5.74) is 1.81. The first-order chi connectivity index (χ1) is 14.0. The average Bonchev–Trinajstić information content (AvgIpc) is 3.31. The minimum atomic E-state index is -0.167. The summed E-state index contributed by atoms with van der Waals surface area (Å²) < 4.78 is 16.8. The summed E-state index contributed by atoms with van der Waals surface area (Å²) in [5, 5.41) is 12.3. The highest BCUT2D eigenvalue weighted by molar-refractivity contribution is 7.99. The van der Waals surface area contributed by atoms with Gasteiger partial charge in [0.1, 0.15) is 18.1 Å². The van der Waals surface area contributed by atoms with Crippen molar-refractivity contribution in [3.8, 4) is 22.3 Å². The van der Waals surface area contributed by atoms with Crippen molar-refractivity contribution in [3.05, 3.63) is 34.5 Å². The van der Waals surface area contributed by atoms with Crippen LogP contribution in [0.3, 0.4) is 0 Å². The van der Waals surface area contributed by atoms with Crippen molar-refractivity contribution in [1.29, 1.82) is 0 Å². The second kappa shape index (κ2) is 8.42. The molecule has 0 aliphatic carbocycles. The highest BCUT2D eigenvalue weighted by Crippen LogP contribution is 2.33. The SMILES string of the molecule is Cc1nc(C)c(-c2nnc(SCC(=O)N[C@H](C)c3ccc4c(c3)OCCO4)o2)s1. The van der Waals surface area contributed by atoms with Crippen LogP contribution in [0.1, 0.15) is 29.2 Å². The molecule has 1 aliphatic heterocycles. The van der Waals surface area contributed by atoms with Gasteiger partial charge < -0.3 is 19.2 Å². The Kier molecular flexibility index (Phi) is 5.72. The van der Waals surface area contributed by atoms with E-state index < -0.39 is 0 Å². The molecule has 0 unspecified atom stereocenters. The summed E-state index contributed by atoms with van der Waals surface area (Å²) in [6, 6.07) is 5.52. The summed E-state index contributed by atoms with van der Waals surface area (Å²) in [6.45, 7) is 6.84. The van der Waals surface area contributed by atoms with E-state index in [1.165, 1.54) is 23.1 Å². The van der Waals surface area contributed by atoms with Crippen LogP contribution in [0.2, 0.25) is 0 Å². The Morgan fingerprint density at radius 2 is 2.03 bits per heavy atom. The number of thiazole rings is 1. The molecule has 0 saturated carbocycles. The number of benzene rings is 1. The standard InChI is InChI=1S/C19H20N4O4S2/c1-10(13-4-5-14-15(8-13)26-7-6-25-14)21-16(24)9-28-19-23-22-18(27-19)17-11(2)20-12(3)29-17/h4-5,8,10H,6-7,9H2,1-3H3,(H,21,24)/t10-/m1/s1. The predicted octanol–water partition coefficient (Wildman–Crippen LogP) is 3.55. The largest absolute Gasteiger partial charge is 0.486 e. The summed E-state index contributed by atoms with van der Waals surface area (Å²) >= 11 is 2.71. The Hall–Kier alpha value is -2.59. The van der Waals surface area contributed by atoms with Crippen molar-refractivity contribution in [1.82, 2.24) is 20.5 Å². The van der Waals surface area contributed by atoms with Crippen molar-refractivity contribution in [2.45, 2.75) is 32.0 Å². The molecular weight excluding hydrogens is 412 g/mol. The molecule has 1 N–H and O–H groups in total. The van der Waals surface area contributed by atoms with Gasteiger partial charge >= 0.3 is 0 Å². The Labute approximate surface area is 176 Å². The number of ether oxygens (including phenoxy) is 2. The van der Waals surface area contributed by atoms with Gasteiger partial charge in [0.25, 0.3) is 11.1 Å². The lowest BCUT2D eigenvalue weighted by molar-refractivity contribution is -0.119. The van der Waals surface area contributed by atoms with Gasteiger partial charge in [-0.25, -0.2) is 4.98 Å². The number of amides is 1. The van der Waals surface area contributed by atoms with Crippen LogP contribution in [-0.4, -0.2) is 40.1 Å². The number of nitrogens with one attached hydrogen (secondary N) is 1. The Bertz CT molecular complexity index is 1030. The van der Waals surface area contributed by atoms with Gasteiger partial charge in [0.05, 0.1) is 22.5 Å². The van der Waals surface area contributed by atoms with Crippen molar-refractivity contribution >= 4 is 29.0 Å². The van der Waals surface area contributed by atoms with Crippen LogP contribution in [-0.2, 0) is 4.79 Å². The summed E-state index contributed by atoms with van der Waals surface area (Å²) in [5.74, 6) is 1.92. The summed E-state index contributed by atoms with van der Waals surface area (Å²) in [7, 11) is 0. The molecular formula is C19H20N4O4S2. The van der Waals surface area contributed by atoms with Gasteiger partial charge in [0, 0.05) is 0 Å². The smallest absolute Gasteiger partial charge is 0.277 e. The fourth-order valence-corrected chi connectivity index (χ4v) is 4.33. The molecule has 3 aromatic rings. The van der Waals surface area contributed by atoms with Crippen molar-refractivity contribution < 1.29 is 18.7 Å². The van der Waals surface area contributed by atoms with Crippen LogP contribution in [0.5, 0.6) is 11.5 Å². The number of carbonyl (C=O) groups excluding carboxylic acids is 1. The van der Waals surface area contributed by atoms with Crippen LogP contribution >= 0.6 is 23.1 Å². The van der Waals surface area contributed by atoms with E-state index >= 15 is 0 Å². The Morgan fingerprint density at radius 1 is 1.24 bits per heavy atom. The molecule has 4 rings (SSSR count). The Morgan fingerprint density at radius 3 is 2.79 bits per heavy atom. The number of hydrogen-bond acceptors (Lipinski definition) is 9. The molecule has 1 atom stereocenters. The first-order valence-corrected chi connectivity index (χ1v) is 10.9. The molecule has 0 saturated heterocycles.